The van der Waals surface area contributed by atoms with Crippen molar-refractivity contribution in [1.82, 2.24) is 4.98 Å². The molecule has 0 unspecified atom stereocenters. The van der Waals surface area contributed by atoms with Crippen LogP contribution in [0.2, 0.25) is 0 Å². The van der Waals surface area contributed by atoms with Crippen molar-refractivity contribution >= 4 is 33.7 Å². The number of ether oxygens (including phenoxy) is 1. The highest BCUT2D eigenvalue weighted by molar-refractivity contribution is 9.10. The SMILES string of the molecule is CCSc1cccc(Oc2cncc(Br)c2)c1C(=O)O. The van der Waals surface area contributed by atoms with Gasteiger partial charge < -0.3 is 9.84 Å². The van der Waals surface area contributed by atoms with Crippen molar-refractivity contribution in [2.45, 2.75) is 11.8 Å². The van der Waals surface area contributed by atoms with Gasteiger partial charge in [0.15, 0.2) is 0 Å². The molecule has 1 aromatic heterocycles. The first-order valence-electron chi connectivity index (χ1n) is 5.89. The van der Waals surface area contributed by atoms with Crippen LogP contribution in [0.3, 0.4) is 0 Å². The Bertz CT molecular complexity index is 634. The van der Waals surface area contributed by atoms with Crippen LogP contribution in [0.1, 0.15) is 17.3 Å². The molecular formula is C14H12BrNO3S. The molecule has 1 heterocycles. The number of thioether (sulfide) groups is 1. The quantitative estimate of drug-likeness (QED) is 0.804. The number of hydrogen-bond acceptors (Lipinski definition) is 4. The van der Waals surface area contributed by atoms with Gasteiger partial charge >= 0.3 is 5.97 Å². The molecule has 0 aliphatic heterocycles. The number of rotatable bonds is 5. The molecule has 104 valence electrons. The third kappa shape index (κ3) is 3.52. The predicted octanol–water partition coefficient (Wildman–Crippen LogP) is 4.45. The van der Waals surface area contributed by atoms with E-state index >= 15 is 0 Å². The van der Waals surface area contributed by atoms with Crippen molar-refractivity contribution in [1.29, 1.82) is 0 Å². The summed E-state index contributed by atoms with van der Waals surface area (Å²) in [6.07, 6.45) is 3.17. The van der Waals surface area contributed by atoms with Gasteiger partial charge in [0.2, 0.25) is 0 Å². The van der Waals surface area contributed by atoms with Gasteiger partial charge in [-0.15, -0.1) is 11.8 Å². The number of halogens is 1. The third-order valence-corrected chi connectivity index (χ3v) is 3.78. The molecular weight excluding hydrogens is 342 g/mol. The lowest BCUT2D eigenvalue weighted by atomic mass is 10.2. The lowest BCUT2D eigenvalue weighted by Gasteiger charge is -2.11. The fourth-order valence-electron chi connectivity index (χ4n) is 1.66. The lowest BCUT2D eigenvalue weighted by Crippen LogP contribution is -2.02. The number of carbonyl (C=O) groups is 1. The Hall–Kier alpha value is -1.53. The second kappa shape index (κ2) is 6.76. The summed E-state index contributed by atoms with van der Waals surface area (Å²) in [6.45, 7) is 1.97. The van der Waals surface area contributed by atoms with Gasteiger partial charge in [-0.3, -0.25) is 4.98 Å². The molecule has 0 saturated heterocycles. The minimum Gasteiger partial charge on any atom is -0.478 e. The highest BCUT2D eigenvalue weighted by Crippen LogP contribution is 2.33. The molecule has 0 aliphatic rings. The van der Waals surface area contributed by atoms with Gasteiger partial charge in [-0.05, 0) is 39.9 Å². The molecule has 0 fully saturated rings. The van der Waals surface area contributed by atoms with Crippen LogP contribution in [0.4, 0.5) is 0 Å². The zero-order valence-electron chi connectivity index (χ0n) is 10.7. The van der Waals surface area contributed by atoms with Crippen molar-refractivity contribution in [3.63, 3.8) is 0 Å². The Kier molecular flexibility index (Phi) is 5.03. The predicted molar refractivity (Wildman–Crippen MR) is 81.8 cm³/mol. The fourth-order valence-corrected chi connectivity index (χ4v) is 2.82. The monoisotopic (exact) mass is 353 g/mol. The fraction of sp³-hybridized carbons (Fsp3) is 0.143. The van der Waals surface area contributed by atoms with Crippen LogP contribution in [0.5, 0.6) is 11.5 Å². The van der Waals surface area contributed by atoms with Crippen LogP contribution in [0.15, 0.2) is 46.0 Å². The van der Waals surface area contributed by atoms with E-state index in [2.05, 4.69) is 20.9 Å². The molecule has 20 heavy (non-hydrogen) atoms. The average Bonchev–Trinajstić information content (AvgIpc) is 2.39. The summed E-state index contributed by atoms with van der Waals surface area (Å²) in [6, 6.07) is 6.94. The van der Waals surface area contributed by atoms with E-state index in [-0.39, 0.29) is 5.56 Å². The molecule has 0 amide bonds. The van der Waals surface area contributed by atoms with E-state index in [9.17, 15) is 9.90 Å². The molecule has 0 aliphatic carbocycles. The number of benzene rings is 1. The Morgan fingerprint density at radius 1 is 1.45 bits per heavy atom. The number of pyridine rings is 1. The largest absolute Gasteiger partial charge is 0.478 e. The number of carboxylic acid groups (broad SMARTS) is 1. The molecule has 0 atom stereocenters. The summed E-state index contributed by atoms with van der Waals surface area (Å²) in [7, 11) is 0. The van der Waals surface area contributed by atoms with Crippen molar-refractivity contribution < 1.29 is 14.6 Å². The topological polar surface area (TPSA) is 59.4 Å². The van der Waals surface area contributed by atoms with Crippen LogP contribution >= 0.6 is 27.7 Å². The van der Waals surface area contributed by atoms with Gasteiger partial charge in [-0.25, -0.2) is 4.79 Å². The van der Waals surface area contributed by atoms with E-state index in [1.165, 1.54) is 18.0 Å². The molecule has 0 saturated carbocycles. The zero-order chi connectivity index (χ0) is 14.5. The molecule has 0 radical (unpaired) electrons. The summed E-state index contributed by atoms with van der Waals surface area (Å²) in [5.74, 6) is 0.596. The zero-order valence-corrected chi connectivity index (χ0v) is 13.1. The van der Waals surface area contributed by atoms with Crippen molar-refractivity contribution in [3.05, 3.63) is 46.7 Å². The summed E-state index contributed by atoms with van der Waals surface area (Å²) in [5, 5.41) is 9.39. The highest BCUT2D eigenvalue weighted by Gasteiger charge is 2.17. The van der Waals surface area contributed by atoms with Crippen LogP contribution in [0.25, 0.3) is 0 Å². The summed E-state index contributed by atoms with van der Waals surface area (Å²) in [4.78, 5) is 16.1. The van der Waals surface area contributed by atoms with Gasteiger partial charge in [-0.1, -0.05) is 13.0 Å². The van der Waals surface area contributed by atoms with Crippen molar-refractivity contribution in [2.75, 3.05) is 5.75 Å². The van der Waals surface area contributed by atoms with E-state index in [4.69, 9.17) is 4.74 Å². The minimum absolute atomic E-state index is 0.180. The molecule has 1 N–H and O–H groups in total. The first-order valence-corrected chi connectivity index (χ1v) is 7.67. The van der Waals surface area contributed by atoms with E-state index in [0.717, 1.165) is 10.2 Å². The number of aromatic carboxylic acids is 1. The first kappa shape index (κ1) is 14.9. The summed E-state index contributed by atoms with van der Waals surface area (Å²) < 4.78 is 6.42. The standard InChI is InChI=1S/C14H12BrNO3S/c1-2-20-12-5-3-4-11(13(12)14(17)18)19-10-6-9(15)7-16-8-10/h3-8H,2H2,1H3,(H,17,18). The molecule has 0 bridgehead atoms. The lowest BCUT2D eigenvalue weighted by molar-refractivity contribution is 0.0690. The Morgan fingerprint density at radius 2 is 2.25 bits per heavy atom. The Morgan fingerprint density at radius 3 is 2.90 bits per heavy atom. The van der Waals surface area contributed by atoms with E-state index in [1.54, 1.807) is 30.5 Å². The maximum atomic E-state index is 11.5. The molecule has 2 rings (SSSR count). The van der Waals surface area contributed by atoms with Gasteiger partial charge in [0.05, 0.1) is 6.20 Å². The molecule has 4 nitrogen and oxygen atoms in total. The highest BCUT2D eigenvalue weighted by atomic mass is 79.9. The molecule has 1 aromatic carbocycles. The number of hydrogen-bond donors (Lipinski definition) is 1. The second-order valence-corrected chi connectivity index (χ2v) is 6.03. The normalized spacial score (nSPS) is 10.3. The third-order valence-electron chi connectivity index (χ3n) is 2.41. The van der Waals surface area contributed by atoms with Crippen molar-refractivity contribution in [2.24, 2.45) is 0 Å². The van der Waals surface area contributed by atoms with Crippen LogP contribution in [0, 0.1) is 0 Å². The van der Waals surface area contributed by atoms with Gasteiger partial charge in [0.1, 0.15) is 17.1 Å². The Balaban J connectivity index is 2.40. The molecule has 2 aromatic rings. The first-order chi connectivity index (χ1) is 9.61. The van der Waals surface area contributed by atoms with Crippen molar-refractivity contribution in [3.8, 4) is 11.5 Å². The van der Waals surface area contributed by atoms with Gasteiger partial charge in [0.25, 0.3) is 0 Å². The maximum Gasteiger partial charge on any atom is 0.340 e. The van der Waals surface area contributed by atoms with E-state index in [0.29, 0.717) is 16.4 Å². The number of aromatic nitrogens is 1. The summed E-state index contributed by atoms with van der Waals surface area (Å²) >= 11 is 4.77. The number of nitrogens with zero attached hydrogens (tertiary/aromatic N) is 1. The van der Waals surface area contributed by atoms with E-state index in [1.807, 2.05) is 6.92 Å². The smallest absolute Gasteiger partial charge is 0.340 e. The van der Waals surface area contributed by atoms with Crippen LogP contribution < -0.4 is 4.74 Å². The average molecular weight is 354 g/mol. The number of carboxylic acids is 1. The van der Waals surface area contributed by atoms with Gasteiger partial charge in [-0.2, -0.15) is 0 Å². The maximum absolute atomic E-state index is 11.5. The molecule has 0 spiro atoms. The van der Waals surface area contributed by atoms with Crippen LogP contribution in [-0.2, 0) is 0 Å². The minimum atomic E-state index is -1.00. The summed E-state index contributed by atoms with van der Waals surface area (Å²) in [5.41, 5.74) is 0.180. The van der Waals surface area contributed by atoms with Gasteiger partial charge in [0, 0.05) is 15.6 Å². The second-order valence-electron chi connectivity index (χ2n) is 3.81. The van der Waals surface area contributed by atoms with E-state index < -0.39 is 5.97 Å². The molecule has 6 heteroatoms. The Labute approximate surface area is 129 Å². The van der Waals surface area contributed by atoms with Crippen LogP contribution in [-0.4, -0.2) is 21.8 Å².